The third-order valence-corrected chi connectivity index (χ3v) is 6.67. The smallest absolute Gasteiger partial charge is 0.254 e. The van der Waals surface area contributed by atoms with Crippen LogP contribution in [0.5, 0.6) is 0 Å². The molecule has 1 heterocycles. The van der Waals surface area contributed by atoms with Gasteiger partial charge in [0, 0.05) is 23.7 Å². The molecule has 0 atom stereocenters. The van der Waals surface area contributed by atoms with Crippen LogP contribution in [0.25, 0.3) is 11.0 Å². The van der Waals surface area contributed by atoms with Gasteiger partial charge in [0.2, 0.25) is 5.91 Å². The normalized spacial score (nSPS) is 10.9. The molecule has 196 valence electrons. The molecule has 2 amide bonds. The van der Waals surface area contributed by atoms with E-state index in [0.29, 0.717) is 40.2 Å². The SMILES string of the molecule is CCCCN(CC(=O)N(Cc1ccccc1)Cc1coc2ccc(C)cc2c1=O)C(=O)c1ccc(Cl)cc1. The number of carbonyl (C=O) groups is 2. The van der Waals surface area contributed by atoms with Crippen molar-refractivity contribution < 1.29 is 14.0 Å². The van der Waals surface area contributed by atoms with Gasteiger partial charge in [-0.2, -0.15) is 0 Å². The van der Waals surface area contributed by atoms with Gasteiger partial charge in [0.1, 0.15) is 12.1 Å². The average molecular weight is 531 g/mol. The molecule has 4 rings (SSSR count). The highest BCUT2D eigenvalue weighted by atomic mass is 35.5. The molecule has 0 N–H and O–H groups in total. The van der Waals surface area contributed by atoms with E-state index >= 15 is 0 Å². The Labute approximate surface area is 227 Å². The van der Waals surface area contributed by atoms with Crippen LogP contribution in [0, 0.1) is 6.92 Å². The number of amides is 2. The fourth-order valence-corrected chi connectivity index (χ4v) is 4.40. The Morgan fingerprint density at radius 1 is 0.921 bits per heavy atom. The van der Waals surface area contributed by atoms with Crippen molar-refractivity contribution in [3.05, 3.63) is 117 Å². The molecule has 6 nitrogen and oxygen atoms in total. The number of carbonyl (C=O) groups excluding carboxylic acids is 2. The Morgan fingerprint density at radius 2 is 1.66 bits per heavy atom. The summed E-state index contributed by atoms with van der Waals surface area (Å²) in [5.41, 5.74) is 3.07. The molecule has 0 aliphatic carbocycles. The summed E-state index contributed by atoms with van der Waals surface area (Å²) in [6.45, 7) is 4.65. The van der Waals surface area contributed by atoms with Gasteiger partial charge in [-0.1, -0.05) is 66.9 Å². The van der Waals surface area contributed by atoms with Crippen LogP contribution in [0.3, 0.4) is 0 Å². The van der Waals surface area contributed by atoms with Crippen LogP contribution in [-0.2, 0) is 17.9 Å². The number of unbranched alkanes of at least 4 members (excludes halogenated alkanes) is 1. The largest absolute Gasteiger partial charge is 0.464 e. The van der Waals surface area contributed by atoms with Gasteiger partial charge in [0.15, 0.2) is 5.43 Å². The predicted octanol–water partition coefficient (Wildman–Crippen LogP) is 6.23. The summed E-state index contributed by atoms with van der Waals surface area (Å²) in [6.07, 6.45) is 3.07. The lowest BCUT2D eigenvalue weighted by molar-refractivity contribution is -0.133. The highest BCUT2D eigenvalue weighted by molar-refractivity contribution is 6.30. The molecule has 7 heteroatoms. The van der Waals surface area contributed by atoms with Crippen LogP contribution >= 0.6 is 11.6 Å². The second-order valence-electron chi connectivity index (χ2n) is 9.41. The molecule has 0 saturated heterocycles. The predicted molar refractivity (Wildman–Crippen MR) is 150 cm³/mol. The minimum atomic E-state index is -0.254. The van der Waals surface area contributed by atoms with E-state index < -0.39 is 0 Å². The maximum Gasteiger partial charge on any atom is 0.254 e. The lowest BCUT2D eigenvalue weighted by atomic mass is 10.1. The zero-order chi connectivity index (χ0) is 27.1. The molecule has 0 aliphatic rings. The summed E-state index contributed by atoms with van der Waals surface area (Å²) in [5, 5.41) is 1.02. The highest BCUT2D eigenvalue weighted by Crippen LogP contribution is 2.17. The molecule has 3 aromatic carbocycles. The van der Waals surface area contributed by atoms with Crippen molar-refractivity contribution in [2.24, 2.45) is 0 Å². The number of halogens is 1. The summed E-state index contributed by atoms with van der Waals surface area (Å²) in [4.78, 5) is 43.5. The van der Waals surface area contributed by atoms with Crippen LogP contribution < -0.4 is 5.43 Å². The van der Waals surface area contributed by atoms with E-state index in [1.807, 2.05) is 50.2 Å². The zero-order valence-electron chi connectivity index (χ0n) is 21.7. The molecule has 4 aromatic rings. The van der Waals surface area contributed by atoms with E-state index in [-0.39, 0.29) is 30.3 Å². The van der Waals surface area contributed by atoms with E-state index in [9.17, 15) is 14.4 Å². The van der Waals surface area contributed by atoms with E-state index in [2.05, 4.69) is 0 Å². The molecule has 0 radical (unpaired) electrons. The minimum Gasteiger partial charge on any atom is -0.464 e. The second kappa shape index (κ2) is 12.6. The van der Waals surface area contributed by atoms with Crippen molar-refractivity contribution in [2.75, 3.05) is 13.1 Å². The number of aryl methyl sites for hydroxylation is 1. The van der Waals surface area contributed by atoms with Gasteiger partial charge in [-0.25, -0.2) is 0 Å². The molecule has 1 aromatic heterocycles. The number of benzene rings is 3. The summed E-state index contributed by atoms with van der Waals surface area (Å²) in [5.74, 6) is -0.486. The van der Waals surface area contributed by atoms with Crippen LogP contribution in [0.15, 0.2) is 88.3 Å². The Morgan fingerprint density at radius 3 is 2.37 bits per heavy atom. The van der Waals surface area contributed by atoms with Gasteiger partial charge < -0.3 is 14.2 Å². The Bertz CT molecular complexity index is 1470. The molecular formula is C31H31ClN2O4. The van der Waals surface area contributed by atoms with Crippen molar-refractivity contribution in [2.45, 2.75) is 39.8 Å². The van der Waals surface area contributed by atoms with Gasteiger partial charge in [0.25, 0.3) is 5.91 Å². The Hall–Kier alpha value is -3.90. The summed E-state index contributed by atoms with van der Waals surface area (Å²) < 4.78 is 5.74. The summed E-state index contributed by atoms with van der Waals surface area (Å²) in [7, 11) is 0. The van der Waals surface area contributed by atoms with Crippen LogP contribution in [0.4, 0.5) is 0 Å². The van der Waals surface area contributed by atoms with E-state index in [1.165, 1.54) is 6.26 Å². The van der Waals surface area contributed by atoms with Gasteiger partial charge in [-0.05, 0) is 55.3 Å². The second-order valence-corrected chi connectivity index (χ2v) is 9.85. The first-order chi connectivity index (χ1) is 18.4. The first-order valence-electron chi connectivity index (χ1n) is 12.7. The number of hydrogen-bond donors (Lipinski definition) is 0. The maximum absolute atomic E-state index is 13.7. The summed E-state index contributed by atoms with van der Waals surface area (Å²) in [6, 6.07) is 21.7. The first kappa shape index (κ1) is 27.1. The van der Waals surface area contributed by atoms with E-state index in [0.717, 1.165) is 24.0 Å². The standard InChI is InChI=1S/C31H31ClN2O4/c1-3-4-16-33(31(37)24-11-13-26(32)14-12-24)20-29(35)34(18-23-8-6-5-7-9-23)19-25-21-38-28-15-10-22(2)17-27(28)30(25)36/h5-15,17,21H,3-4,16,18-20H2,1-2H3. The monoisotopic (exact) mass is 530 g/mol. The average Bonchev–Trinajstić information content (AvgIpc) is 2.93. The van der Waals surface area contributed by atoms with Crippen molar-refractivity contribution in [3.8, 4) is 0 Å². The maximum atomic E-state index is 13.7. The number of rotatable bonds is 10. The van der Waals surface area contributed by atoms with Crippen molar-refractivity contribution in [1.29, 1.82) is 0 Å². The van der Waals surface area contributed by atoms with Crippen molar-refractivity contribution in [3.63, 3.8) is 0 Å². The highest BCUT2D eigenvalue weighted by Gasteiger charge is 2.24. The molecule has 38 heavy (non-hydrogen) atoms. The molecule has 0 saturated carbocycles. The van der Waals surface area contributed by atoms with E-state index in [1.54, 1.807) is 46.2 Å². The molecule has 0 fully saturated rings. The summed E-state index contributed by atoms with van der Waals surface area (Å²) >= 11 is 6.00. The quantitative estimate of drug-likeness (QED) is 0.244. The zero-order valence-corrected chi connectivity index (χ0v) is 22.4. The van der Waals surface area contributed by atoms with Crippen LogP contribution in [0.1, 0.15) is 46.8 Å². The Balaban J connectivity index is 1.63. The molecule has 0 bridgehead atoms. The van der Waals surface area contributed by atoms with E-state index in [4.69, 9.17) is 16.0 Å². The lowest BCUT2D eigenvalue weighted by Crippen LogP contribution is -2.43. The third-order valence-electron chi connectivity index (χ3n) is 6.42. The van der Waals surface area contributed by atoms with Crippen LogP contribution in [0.2, 0.25) is 5.02 Å². The number of nitrogens with zero attached hydrogens (tertiary/aromatic N) is 2. The molecular weight excluding hydrogens is 500 g/mol. The van der Waals surface area contributed by atoms with Gasteiger partial charge in [0.05, 0.1) is 23.8 Å². The van der Waals surface area contributed by atoms with Gasteiger partial charge in [-0.3, -0.25) is 14.4 Å². The minimum absolute atomic E-state index is 0.0662. The fraction of sp³-hybridized carbons (Fsp3) is 0.258. The topological polar surface area (TPSA) is 70.8 Å². The third kappa shape index (κ3) is 6.69. The number of hydrogen-bond acceptors (Lipinski definition) is 4. The lowest BCUT2D eigenvalue weighted by Gasteiger charge is -2.28. The Kier molecular flexibility index (Phi) is 8.98. The van der Waals surface area contributed by atoms with Crippen molar-refractivity contribution >= 4 is 34.4 Å². The molecule has 0 aliphatic heterocycles. The van der Waals surface area contributed by atoms with Gasteiger partial charge in [-0.15, -0.1) is 0 Å². The molecule has 0 unspecified atom stereocenters. The number of fused-ring (bicyclic) bond motifs is 1. The van der Waals surface area contributed by atoms with Crippen molar-refractivity contribution in [1.82, 2.24) is 9.80 Å². The molecule has 0 spiro atoms. The first-order valence-corrected chi connectivity index (χ1v) is 13.1. The fourth-order valence-electron chi connectivity index (χ4n) is 4.28. The van der Waals surface area contributed by atoms with Gasteiger partial charge >= 0.3 is 0 Å². The van der Waals surface area contributed by atoms with Crippen LogP contribution in [-0.4, -0.2) is 34.7 Å².